The molecule has 0 aromatic carbocycles. The van der Waals surface area contributed by atoms with Crippen molar-refractivity contribution in [3.8, 4) is 0 Å². The van der Waals surface area contributed by atoms with Crippen LogP contribution in [0.3, 0.4) is 0 Å². The van der Waals surface area contributed by atoms with E-state index >= 15 is 0 Å². The van der Waals surface area contributed by atoms with Crippen molar-refractivity contribution >= 4 is 5.78 Å². The molecule has 0 aromatic heterocycles. The van der Waals surface area contributed by atoms with E-state index in [-0.39, 0.29) is 6.61 Å². The Morgan fingerprint density at radius 3 is 2.31 bits per heavy atom. The highest BCUT2D eigenvalue weighted by molar-refractivity contribution is 5.81. The van der Waals surface area contributed by atoms with E-state index in [9.17, 15) is 15.0 Å². The second kappa shape index (κ2) is 7.48. The van der Waals surface area contributed by atoms with Crippen LogP contribution < -0.4 is 0 Å². The minimum atomic E-state index is -1.65. The Bertz CT molecular complexity index is 229. The molecule has 0 saturated carbocycles. The molecule has 16 heavy (non-hydrogen) atoms. The van der Waals surface area contributed by atoms with E-state index < -0.39 is 36.8 Å². The summed E-state index contributed by atoms with van der Waals surface area (Å²) < 4.78 is 4.96. The molecule has 94 valence electrons. The lowest BCUT2D eigenvalue weighted by Crippen LogP contribution is -2.49. The second-order valence-corrected chi connectivity index (χ2v) is 3.38. The predicted octanol–water partition coefficient (Wildman–Crippen LogP) is -1.78. The molecule has 6 nitrogen and oxygen atoms in total. The summed E-state index contributed by atoms with van der Waals surface area (Å²) >= 11 is 0. The summed E-state index contributed by atoms with van der Waals surface area (Å²) in [7, 11) is 0. The average Bonchev–Trinajstić information content (AvgIpc) is 2.26. The van der Waals surface area contributed by atoms with Crippen molar-refractivity contribution < 1.29 is 30.0 Å². The topological polar surface area (TPSA) is 107 Å². The van der Waals surface area contributed by atoms with Gasteiger partial charge < -0.3 is 25.2 Å². The average molecular weight is 234 g/mol. The van der Waals surface area contributed by atoms with Crippen LogP contribution in [0.15, 0.2) is 12.7 Å². The number of hydrogen-bond acceptors (Lipinski definition) is 6. The Hall–Kier alpha value is -0.790. The van der Waals surface area contributed by atoms with Gasteiger partial charge in [-0.25, -0.2) is 0 Å². The Kier molecular flexibility index (Phi) is 7.11. The van der Waals surface area contributed by atoms with Gasteiger partial charge in [-0.1, -0.05) is 6.08 Å². The zero-order chi connectivity index (χ0) is 12.7. The van der Waals surface area contributed by atoms with Gasteiger partial charge in [0, 0.05) is 0 Å². The van der Waals surface area contributed by atoms with E-state index in [4.69, 9.17) is 14.9 Å². The largest absolute Gasteiger partial charge is 0.394 e. The number of aliphatic hydroxyl groups is 4. The predicted molar refractivity (Wildman–Crippen MR) is 55.7 cm³/mol. The van der Waals surface area contributed by atoms with Crippen molar-refractivity contribution in [2.75, 3.05) is 13.2 Å². The minimum Gasteiger partial charge on any atom is -0.394 e. The number of ether oxygens (including phenoxy) is 1. The molecule has 0 saturated heterocycles. The van der Waals surface area contributed by atoms with Crippen LogP contribution in [0.1, 0.15) is 6.92 Å². The van der Waals surface area contributed by atoms with Crippen LogP contribution in [-0.4, -0.2) is 63.8 Å². The fourth-order valence-electron chi connectivity index (χ4n) is 1.14. The van der Waals surface area contributed by atoms with Crippen LogP contribution in [0.5, 0.6) is 0 Å². The lowest BCUT2D eigenvalue weighted by molar-refractivity contribution is -0.152. The van der Waals surface area contributed by atoms with E-state index in [0.717, 1.165) is 0 Å². The monoisotopic (exact) mass is 234 g/mol. The van der Waals surface area contributed by atoms with E-state index in [1.54, 1.807) is 0 Å². The van der Waals surface area contributed by atoms with Crippen molar-refractivity contribution in [2.24, 2.45) is 0 Å². The second-order valence-electron chi connectivity index (χ2n) is 3.38. The highest BCUT2D eigenvalue weighted by atomic mass is 16.5. The van der Waals surface area contributed by atoms with Crippen LogP contribution in [-0.2, 0) is 9.53 Å². The van der Waals surface area contributed by atoms with Gasteiger partial charge >= 0.3 is 0 Å². The van der Waals surface area contributed by atoms with E-state index in [2.05, 4.69) is 6.58 Å². The van der Waals surface area contributed by atoms with E-state index in [0.29, 0.717) is 0 Å². The molecule has 0 amide bonds. The van der Waals surface area contributed by atoms with Crippen LogP contribution in [0.4, 0.5) is 0 Å². The maximum absolute atomic E-state index is 11.1. The highest BCUT2D eigenvalue weighted by Crippen LogP contribution is 2.09. The Morgan fingerprint density at radius 2 is 1.94 bits per heavy atom. The van der Waals surface area contributed by atoms with Gasteiger partial charge in [-0.15, -0.1) is 6.58 Å². The maximum atomic E-state index is 11.1. The Balaban J connectivity index is 4.52. The SMILES string of the molecule is C=CCO[C@@H](C(C)=O)[C@@H](O)[C@H](O)[C@H](O)CO. The quantitative estimate of drug-likeness (QED) is 0.370. The van der Waals surface area contributed by atoms with Crippen molar-refractivity contribution in [1.29, 1.82) is 0 Å². The van der Waals surface area contributed by atoms with Crippen molar-refractivity contribution in [3.63, 3.8) is 0 Å². The van der Waals surface area contributed by atoms with Crippen LogP contribution >= 0.6 is 0 Å². The molecular weight excluding hydrogens is 216 g/mol. The maximum Gasteiger partial charge on any atom is 0.161 e. The summed E-state index contributed by atoms with van der Waals surface area (Å²) in [5, 5.41) is 36.7. The summed E-state index contributed by atoms with van der Waals surface area (Å²) in [5.74, 6) is -0.487. The molecule has 4 atom stereocenters. The molecule has 0 rings (SSSR count). The normalized spacial score (nSPS) is 18.6. The molecule has 0 bridgehead atoms. The molecule has 0 radical (unpaired) electrons. The zero-order valence-corrected chi connectivity index (χ0v) is 9.11. The number of aliphatic hydroxyl groups excluding tert-OH is 4. The van der Waals surface area contributed by atoms with Gasteiger partial charge in [0.1, 0.15) is 24.4 Å². The summed E-state index contributed by atoms with van der Waals surface area (Å²) in [6.07, 6.45) is -4.64. The number of rotatable bonds is 8. The summed E-state index contributed by atoms with van der Waals surface area (Å²) in [6, 6.07) is 0. The Morgan fingerprint density at radius 1 is 1.38 bits per heavy atom. The molecular formula is C10H18O6. The molecule has 0 aliphatic rings. The first-order chi connectivity index (χ1) is 7.45. The highest BCUT2D eigenvalue weighted by Gasteiger charge is 2.34. The third kappa shape index (κ3) is 4.38. The number of ketones is 1. The first-order valence-electron chi connectivity index (χ1n) is 4.83. The Labute approximate surface area is 93.8 Å². The number of hydrogen-bond donors (Lipinski definition) is 4. The van der Waals surface area contributed by atoms with Gasteiger partial charge in [-0.05, 0) is 6.92 Å². The molecule has 0 fully saturated rings. The van der Waals surface area contributed by atoms with Crippen LogP contribution in [0.25, 0.3) is 0 Å². The summed E-state index contributed by atoms with van der Waals surface area (Å²) in [4.78, 5) is 11.1. The molecule has 0 unspecified atom stereocenters. The summed E-state index contributed by atoms with van der Waals surface area (Å²) in [5.41, 5.74) is 0. The van der Waals surface area contributed by atoms with Gasteiger partial charge in [0.05, 0.1) is 13.2 Å². The minimum absolute atomic E-state index is 0.0310. The first kappa shape index (κ1) is 15.2. The molecule has 0 aliphatic carbocycles. The molecule has 0 heterocycles. The molecule has 0 spiro atoms. The third-order valence-corrected chi connectivity index (χ3v) is 2.04. The third-order valence-electron chi connectivity index (χ3n) is 2.04. The van der Waals surface area contributed by atoms with Crippen molar-refractivity contribution in [2.45, 2.75) is 31.3 Å². The van der Waals surface area contributed by atoms with Crippen LogP contribution in [0, 0.1) is 0 Å². The fourth-order valence-corrected chi connectivity index (χ4v) is 1.14. The number of Topliss-reactive ketones (excluding diaryl/α,β-unsaturated/α-hetero) is 1. The fraction of sp³-hybridized carbons (Fsp3) is 0.700. The summed E-state index contributed by atoms with van der Waals surface area (Å²) in [6.45, 7) is 3.88. The van der Waals surface area contributed by atoms with Gasteiger partial charge in [0.25, 0.3) is 0 Å². The molecule has 4 N–H and O–H groups in total. The molecule has 6 heteroatoms. The van der Waals surface area contributed by atoms with Crippen molar-refractivity contribution in [1.82, 2.24) is 0 Å². The number of carbonyl (C=O) groups is 1. The number of carbonyl (C=O) groups excluding carboxylic acids is 1. The zero-order valence-electron chi connectivity index (χ0n) is 9.11. The first-order valence-corrected chi connectivity index (χ1v) is 4.83. The smallest absolute Gasteiger partial charge is 0.161 e. The van der Waals surface area contributed by atoms with Crippen LogP contribution in [0.2, 0.25) is 0 Å². The van der Waals surface area contributed by atoms with Crippen molar-refractivity contribution in [3.05, 3.63) is 12.7 Å². The van der Waals surface area contributed by atoms with Gasteiger partial charge in [-0.3, -0.25) is 4.79 Å². The standard InChI is InChI=1S/C10H18O6/c1-3-4-16-10(6(2)12)9(15)8(14)7(13)5-11/h3,7-11,13-15H,1,4-5H2,2H3/t7-,8-,9+,10+/m1/s1. The van der Waals surface area contributed by atoms with E-state index in [1.165, 1.54) is 13.0 Å². The lowest BCUT2D eigenvalue weighted by atomic mass is 10.0. The lowest BCUT2D eigenvalue weighted by Gasteiger charge is -2.27. The van der Waals surface area contributed by atoms with Gasteiger partial charge in [-0.2, -0.15) is 0 Å². The molecule has 0 aromatic rings. The van der Waals surface area contributed by atoms with E-state index in [1.807, 2.05) is 0 Å². The molecule has 0 aliphatic heterocycles. The van der Waals surface area contributed by atoms with Gasteiger partial charge in [0.2, 0.25) is 0 Å². The van der Waals surface area contributed by atoms with Gasteiger partial charge in [0.15, 0.2) is 5.78 Å².